The number of benzene rings is 1. The van der Waals surface area contributed by atoms with Gasteiger partial charge in [-0.1, -0.05) is 27.5 Å². The van der Waals surface area contributed by atoms with Crippen molar-refractivity contribution in [1.29, 1.82) is 0 Å². The van der Waals surface area contributed by atoms with Crippen molar-refractivity contribution in [3.05, 3.63) is 33.3 Å². The van der Waals surface area contributed by atoms with Crippen molar-refractivity contribution in [2.75, 3.05) is 6.54 Å². The minimum atomic E-state index is -0.852. The molecule has 2 rings (SSSR count). The summed E-state index contributed by atoms with van der Waals surface area (Å²) >= 11 is 9.09. The van der Waals surface area contributed by atoms with Gasteiger partial charge in [0.1, 0.15) is 0 Å². The van der Waals surface area contributed by atoms with Crippen LogP contribution in [0.15, 0.2) is 22.7 Å². The molecule has 1 aliphatic rings. The normalized spacial score (nSPS) is 16.1. The maximum atomic E-state index is 11.9. The molecule has 1 amide bonds. The molecule has 0 aromatic heterocycles. The maximum Gasteiger partial charge on any atom is 0.311 e. The lowest BCUT2D eigenvalue weighted by atomic mass is 10.1. The Morgan fingerprint density at radius 1 is 1.39 bits per heavy atom. The number of hydrogen-bond donors (Lipinski definition) is 2. The molecule has 0 aliphatic heterocycles. The number of carboxylic acids is 1. The Balaban J connectivity index is 2.02. The summed E-state index contributed by atoms with van der Waals surface area (Å²) in [5, 5.41) is 12.1. The number of halogens is 2. The van der Waals surface area contributed by atoms with E-state index in [0.717, 1.165) is 0 Å². The van der Waals surface area contributed by atoms with E-state index >= 15 is 0 Å². The van der Waals surface area contributed by atoms with Crippen LogP contribution in [0.1, 0.15) is 23.2 Å². The number of carbonyl (C=O) groups excluding carboxylic acids is 1. The molecular weight excluding hydrogens is 321 g/mol. The molecule has 0 radical (unpaired) electrons. The molecule has 4 nitrogen and oxygen atoms in total. The van der Waals surface area contributed by atoms with E-state index in [4.69, 9.17) is 16.7 Å². The van der Waals surface area contributed by atoms with Crippen LogP contribution in [0.2, 0.25) is 5.02 Å². The molecule has 0 atom stereocenters. The number of amides is 1. The Hall–Kier alpha value is -1.07. The molecule has 1 saturated carbocycles. The fourth-order valence-electron chi connectivity index (χ4n) is 1.65. The summed E-state index contributed by atoms with van der Waals surface area (Å²) in [5.74, 6) is -1.17. The van der Waals surface area contributed by atoms with Crippen LogP contribution in [0, 0.1) is 5.41 Å². The molecule has 1 fully saturated rings. The van der Waals surface area contributed by atoms with E-state index in [1.54, 1.807) is 18.2 Å². The molecule has 1 aromatic carbocycles. The largest absolute Gasteiger partial charge is 0.481 e. The van der Waals surface area contributed by atoms with Gasteiger partial charge in [-0.25, -0.2) is 0 Å². The van der Waals surface area contributed by atoms with E-state index in [0.29, 0.717) is 27.9 Å². The lowest BCUT2D eigenvalue weighted by Gasteiger charge is -2.11. The second-order valence-corrected chi connectivity index (χ2v) is 5.78. The summed E-state index contributed by atoms with van der Waals surface area (Å²) < 4.78 is 0.708. The Kier molecular flexibility index (Phi) is 3.64. The summed E-state index contributed by atoms with van der Waals surface area (Å²) in [4.78, 5) is 22.8. The SMILES string of the molecule is O=C(NCC1(C(=O)O)CC1)c1cc(Cl)cc(Br)c1. The van der Waals surface area contributed by atoms with E-state index in [1.165, 1.54) is 0 Å². The van der Waals surface area contributed by atoms with Crippen LogP contribution in [-0.2, 0) is 4.79 Å². The summed E-state index contributed by atoms with van der Waals surface area (Å²) in [5.41, 5.74) is -0.346. The molecule has 0 bridgehead atoms. The molecule has 2 N–H and O–H groups in total. The van der Waals surface area contributed by atoms with Gasteiger partial charge in [0.2, 0.25) is 0 Å². The Labute approximate surface area is 117 Å². The lowest BCUT2D eigenvalue weighted by molar-refractivity contribution is -0.143. The number of aliphatic carboxylic acids is 1. The van der Waals surface area contributed by atoms with Gasteiger partial charge in [0, 0.05) is 21.6 Å². The lowest BCUT2D eigenvalue weighted by Crippen LogP contribution is -2.34. The molecular formula is C12H11BrClNO3. The molecule has 18 heavy (non-hydrogen) atoms. The van der Waals surface area contributed by atoms with Crippen molar-refractivity contribution in [3.8, 4) is 0 Å². The molecule has 1 aromatic rings. The predicted molar refractivity (Wildman–Crippen MR) is 70.8 cm³/mol. The van der Waals surface area contributed by atoms with Gasteiger partial charge in [-0.3, -0.25) is 9.59 Å². The maximum absolute atomic E-state index is 11.9. The number of nitrogens with one attached hydrogen (secondary N) is 1. The first kappa shape index (κ1) is 13.4. The summed E-state index contributed by atoms with van der Waals surface area (Å²) in [6.07, 6.45) is 1.23. The van der Waals surface area contributed by atoms with Gasteiger partial charge in [0.25, 0.3) is 5.91 Å². The van der Waals surface area contributed by atoms with E-state index in [-0.39, 0.29) is 12.5 Å². The monoisotopic (exact) mass is 331 g/mol. The minimum absolute atomic E-state index is 0.158. The molecule has 1 aliphatic carbocycles. The van der Waals surface area contributed by atoms with Gasteiger partial charge < -0.3 is 10.4 Å². The van der Waals surface area contributed by atoms with Crippen LogP contribution in [0.4, 0.5) is 0 Å². The Bertz CT molecular complexity index is 494. The third-order valence-electron chi connectivity index (χ3n) is 3.02. The van der Waals surface area contributed by atoms with E-state index < -0.39 is 11.4 Å². The van der Waals surface area contributed by atoms with Crippen LogP contribution < -0.4 is 5.32 Å². The molecule has 6 heteroatoms. The van der Waals surface area contributed by atoms with E-state index in [9.17, 15) is 9.59 Å². The smallest absolute Gasteiger partial charge is 0.311 e. The summed E-state index contributed by atoms with van der Waals surface area (Å²) in [6, 6.07) is 4.86. The standard InChI is InChI=1S/C12H11BrClNO3/c13-8-3-7(4-9(14)5-8)10(16)15-6-12(1-2-12)11(17)18/h3-5H,1-2,6H2,(H,15,16)(H,17,18). The highest BCUT2D eigenvalue weighted by Gasteiger charge is 2.50. The number of hydrogen-bond acceptors (Lipinski definition) is 2. The topological polar surface area (TPSA) is 66.4 Å². The van der Waals surface area contributed by atoms with Crippen molar-refractivity contribution < 1.29 is 14.7 Å². The van der Waals surface area contributed by atoms with Crippen LogP contribution in [0.5, 0.6) is 0 Å². The van der Waals surface area contributed by atoms with Crippen LogP contribution in [0.3, 0.4) is 0 Å². The second-order valence-electron chi connectivity index (χ2n) is 4.43. The average molecular weight is 333 g/mol. The van der Waals surface area contributed by atoms with Gasteiger partial charge in [-0.05, 0) is 31.0 Å². The molecule has 0 spiro atoms. The first-order valence-corrected chi connectivity index (χ1v) is 6.58. The van der Waals surface area contributed by atoms with Gasteiger partial charge in [-0.2, -0.15) is 0 Å². The zero-order valence-corrected chi connectivity index (χ0v) is 11.7. The van der Waals surface area contributed by atoms with Crippen molar-refractivity contribution in [3.63, 3.8) is 0 Å². The van der Waals surface area contributed by atoms with Crippen LogP contribution >= 0.6 is 27.5 Å². The van der Waals surface area contributed by atoms with Gasteiger partial charge in [0.15, 0.2) is 0 Å². The molecule has 0 saturated heterocycles. The van der Waals surface area contributed by atoms with E-state index in [1.807, 2.05) is 0 Å². The van der Waals surface area contributed by atoms with Gasteiger partial charge >= 0.3 is 5.97 Å². The predicted octanol–water partition coefficient (Wildman–Crippen LogP) is 2.70. The average Bonchev–Trinajstić information content (AvgIpc) is 3.05. The molecule has 96 valence electrons. The highest BCUT2D eigenvalue weighted by molar-refractivity contribution is 9.10. The fourth-order valence-corrected chi connectivity index (χ4v) is 2.51. The van der Waals surface area contributed by atoms with Crippen molar-refractivity contribution in [2.45, 2.75) is 12.8 Å². The van der Waals surface area contributed by atoms with Gasteiger partial charge in [0.05, 0.1) is 5.41 Å². The highest BCUT2D eigenvalue weighted by atomic mass is 79.9. The molecule has 0 unspecified atom stereocenters. The zero-order chi connectivity index (χ0) is 13.3. The van der Waals surface area contributed by atoms with Crippen LogP contribution in [-0.4, -0.2) is 23.5 Å². The quantitative estimate of drug-likeness (QED) is 0.891. The fraction of sp³-hybridized carbons (Fsp3) is 0.333. The second kappa shape index (κ2) is 4.90. The third-order valence-corrected chi connectivity index (χ3v) is 3.70. The van der Waals surface area contributed by atoms with Crippen LogP contribution in [0.25, 0.3) is 0 Å². The zero-order valence-electron chi connectivity index (χ0n) is 9.37. The number of rotatable bonds is 4. The first-order valence-electron chi connectivity index (χ1n) is 5.41. The van der Waals surface area contributed by atoms with Crippen molar-refractivity contribution >= 4 is 39.4 Å². The van der Waals surface area contributed by atoms with E-state index in [2.05, 4.69) is 21.2 Å². The van der Waals surface area contributed by atoms with Gasteiger partial charge in [-0.15, -0.1) is 0 Å². The third kappa shape index (κ3) is 2.84. The first-order chi connectivity index (χ1) is 8.43. The number of carboxylic acid groups (broad SMARTS) is 1. The highest BCUT2D eigenvalue weighted by Crippen LogP contribution is 2.45. The Morgan fingerprint density at radius 3 is 2.56 bits per heavy atom. The summed E-state index contributed by atoms with van der Waals surface area (Å²) in [7, 11) is 0. The summed E-state index contributed by atoms with van der Waals surface area (Å²) in [6.45, 7) is 0.158. The number of carbonyl (C=O) groups is 2. The van der Waals surface area contributed by atoms with Crippen molar-refractivity contribution in [1.82, 2.24) is 5.32 Å². The minimum Gasteiger partial charge on any atom is -0.481 e. The Morgan fingerprint density at radius 2 is 2.06 bits per heavy atom. The van der Waals surface area contributed by atoms with Crippen molar-refractivity contribution in [2.24, 2.45) is 5.41 Å². The molecule has 0 heterocycles.